The summed E-state index contributed by atoms with van der Waals surface area (Å²) in [5.74, 6) is -1.61. The minimum atomic E-state index is -0.905. The quantitative estimate of drug-likeness (QED) is 0.634. The van der Waals surface area contributed by atoms with E-state index in [0.29, 0.717) is 0 Å². The second-order valence-electron chi connectivity index (χ2n) is 4.56. The van der Waals surface area contributed by atoms with Gasteiger partial charge in [0.15, 0.2) is 6.10 Å². The standard InChI is InChI=1S/C13H15FN2O3/c1-7(12(17)16-9-3-4-9)19-13(18)10-5-2-8(14)6-11(10)15/h2,5-7,9H,3-4,15H2,1H3,(H,16,17)/t7-/m0/s1. The van der Waals surface area contributed by atoms with Gasteiger partial charge in [0.05, 0.1) is 5.56 Å². The normalized spacial score (nSPS) is 15.7. The summed E-state index contributed by atoms with van der Waals surface area (Å²) in [6.07, 6.45) is 1.01. The van der Waals surface area contributed by atoms with Crippen molar-refractivity contribution in [3.63, 3.8) is 0 Å². The Morgan fingerprint density at radius 3 is 2.74 bits per heavy atom. The summed E-state index contributed by atoms with van der Waals surface area (Å²) in [5, 5.41) is 2.73. The van der Waals surface area contributed by atoms with Crippen molar-refractivity contribution in [3.05, 3.63) is 29.6 Å². The SMILES string of the molecule is C[C@H](OC(=O)c1ccc(F)cc1N)C(=O)NC1CC1. The Balaban J connectivity index is 1.97. The first-order chi connectivity index (χ1) is 8.97. The number of hydrogen-bond acceptors (Lipinski definition) is 4. The van der Waals surface area contributed by atoms with E-state index in [-0.39, 0.29) is 23.2 Å². The lowest BCUT2D eigenvalue weighted by Crippen LogP contribution is -2.37. The van der Waals surface area contributed by atoms with Crippen molar-refractivity contribution in [2.45, 2.75) is 31.9 Å². The fourth-order valence-electron chi connectivity index (χ4n) is 1.54. The van der Waals surface area contributed by atoms with Gasteiger partial charge in [-0.05, 0) is 38.0 Å². The van der Waals surface area contributed by atoms with E-state index < -0.39 is 17.9 Å². The molecule has 19 heavy (non-hydrogen) atoms. The lowest BCUT2D eigenvalue weighted by molar-refractivity contribution is -0.129. The van der Waals surface area contributed by atoms with Crippen LogP contribution in [0.4, 0.5) is 10.1 Å². The molecule has 0 bridgehead atoms. The highest BCUT2D eigenvalue weighted by molar-refractivity contribution is 5.96. The Morgan fingerprint density at radius 2 is 2.16 bits per heavy atom. The molecule has 5 nitrogen and oxygen atoms in total. The summed E-state index contributed by atoms with van der Waals surface area (Å²) in [6, 6.07) is 3.58. The number of nitrogen functional groups attached to an aromatic ring is 1. The number of amides is 1. The maximum absolute atomic E-state index is 12.9. The van der Waals surface area contributed by atoms with Crippen molar-refractivity contribution in [3.8, 4) is 0 Å². The van der Waals surface area contributed by atoms with Crippen LogP contribution in [0.3, 0.4) is 0 Å². The molecule has 102 valence electrons. The van der Waals surface area contributed by atoms with E-state index in [9.17, 15) is 14.0 Å². The van der Waals surface area contributed by atoms with Crippen molar-refractivity contribution in [2.75, 3.05) is 5.73 Å². The molecule has 0 heterocycles. The van der Waals surface area contributed by atoms with Crippen molar-refractivity contribution in [2.24, 2.45) is 0 Å². The molecule has 3 N–H and O–H groups in total. The highest BCUT2D eigenvalue weighted by Gasteiger charge is 2.27. The lowest BCUT2D eigenvalue weighted by Gasteiger charge is -2.13. The molecule has 1 aliphatic rings. The molecule has 0 saturated heterocycles. The first-order valence-electron chi connectivity index (χ1n) is 6.03. The molecule has 1 aromatic carbocycles. The number of rotatable bonds is 4. The van der Waals surface area contributed by atoms with Gasteiger partial charge in [-0.1, -0.05) is 0 Å². The Labute approximate surface area is 109 Å². The number of benzene rings is 1. The van der Waals surface area contributed by atoms with Crippen LogP contribution in [-0.2, 0) is 9.53 Å². The van der Waals surface area contributed by atoms with Crippen LogP contribution in [0.15, 0.2) is 18.2 Å². The van der Waals surface area contributed by atoms with Gasteiger partial charge < -0.3 is 15.8 Å². The maximum Gasteiger partial charge on any atom is 0.341 e. The zero-order valence-corrected chi connectivity index (χ0v) is 10.5. The Kier molecular flexibility index (Phi) is 3.69. The molecule has 0 unspecified atom stereocenters. The van der Waals surface area contributed by atoms with Crippen molar-refractivity contribution in [1.29, 1.82) is 0 Å². The number of nitrogens with one attached hydrogen (secondary N) is 1. The Morgan fingerprint density at radius 1 is 1.47 bits per heavy atom. The van der Waals surface area contributed by atoms with Gasteiger partial charge in [-0.15, -0.1) is 0 Å². The number of ether oxygens (including phenoxy) is 1. The van der Waals surface area contributed by atoms with Crippen LogP contribution in [-0.4, -0.2) is 24.0 Å². The van der Waals surface area contributed by atoms with Gasteiger partial charge >= 0.3 is 5.97 Å². The smallest absolute Gasteiger partial charge is 0.341 e. The van der Waals surface area contributed by atoms with Gasteiger partial charge in [-0.25, -0.2) is 9.18 Å². The van der Waals surface area contributed by atoms with Crippen LogP contribution in [0.5, 0.6) is 0 Å². The highest BCUT2D eigenvalue weighted by Crippen LogP contribution is 2.19. The Bertz CT molecular complexity index is 515. The van der Waals surface area contributed by atoms with Crippen molar-refractivity contribution < 1.29 is 18.7 Å². The summed E-state index contributed by atoms with van der Waals surface area (Å²) < 4.78 is 17.8. The van der Waals surface area contributed by atoms with Crippen LogP contribution >= 0.6 is 0 Å². The summed E-state index contributed by atoms with van der Waals surface area (Å²) >= 11 is 0. The molecule has 2 rings (SSSR count). The fraction of sp³-hybridized carbons (Fsp3) is 0.385. The number of halogens is 1. The minimum absolute atomic E-state index is 0.0141. The van der Waals surface area contributed by atoms with Gasteiger partial charge in [-0.2, -0.15) is 0 Å². The second kappa shape index (κ2) is 5.26. The summed E-state index contributed by atoms with van der Waals surface area (Å²) in [5.41, 5.74) is 5.56. The molecule has 1 atom stereocenters. The van der Waals surface area contributed by atoms with Gasteiger partial charge in [0.1, 0.15) is 5.82 Å². The van der Waals surface area contributed by atoms with Crippen molar-refractivity contribution in [1.82, 2.24) is 5.32 Å². The monoisotopic (exact) mass is 266 g/mol. The maximum atomic E-state index is 12.9. The summed E-state index contributed by atoms with van der Waals surface area (Å²) in [6.45, 7) is 1.48. The first-order valence-corrected chi connectivity index (χ1v) is 6.03. The molecule has 1 aliphatic carbocycles. The topological polar surface area (TPSA) is 81.4 Å². The third kappa shape index (κ3) is 3.43. The largest absolute Gasteiger partial charge is 0.449 e. The second-order valence-corrected chi connectivity index (χ2v) is 4.56. The number of carbonyl (C=O) groups excluding carboxylic acids is 2. The van der Waals surface area contributed by atoms with E-state index in [1.54, 1.807) is 0 Å². The van der Waals surface area contributed by atoms with Crippen molar-refractivity contribution >= 4 is 17.6 Å². The van der Waals surface area contributed by atoms with Gasteiger partial charge in [0, 0.05) is 11.7 Å². The average Bonchev–Trinajstić information content (AvgIpc) is 3.12. The van der Waals surface area contributed by atoms with Gasteiger partial charge in [0.25, 0.3) is 5.91 Å². The summed E-state index contributed by atoms with van der Waals surface area (Å²) in [4.78, 5) is 23.4. The molecule has 0 radical (unpaired) electrons. The first kappa shape index (κ1) is 13.3. The van der Waals surface area contributed by atoms with Crippen LogP contribution in [0.25, 0.3) is 0 Å². The van der Waals surface area contributed by atoms with E-state index in [2.05, 4.69) is 5.32 Å². The van der Waals surface area contributed by atoms with E-state index in [0.717, 1.165) is 25.0 Å². The van der Waals surface area contributed by atoms with Gasteiger partial charge in [-0.3, -0.25) is 4.79 Å². The zero-order chi connectivity index (χ0) is 14.0. The fourth-order valence-corrected chi connectivity index (χ4v) is 1.54. The molecule has 1 amide bonds. The molecular formula is C13H15FN2O3. The predicted molar refractivity (Wildman–Crippen MR) is 66.9 cm³/mol. The summed E-state index contributed by atoms with van der Waals surface area (Å²) in [7, 11) is 0. The number of esters is 1. The van der Waals surface area contributed by atoms with E-state index in [1.165, 1.54) is 13.0 Å². The number of carbonyl (C=O) groups is 2. The minimum Gasteiger partial charge on any atom is -0.449 e. The highest BCUT2D eigenvalue weighted by atomic mass is 19.1. The Hall–Kier alpha value is -2.11. The molecule has 0 aromatic heterocycles. The third-order valence-electron chi connectivity index (χ3n) is 2.81. The van der Waals surface area contributed by atoms with Crippen LogP contribution in [0.1, 0.15) is 30.1 Å². The number of hydrogen-bond donors (Lipinski definition) is 2. The molecule has 0 aliphatic heterocycles. The van der Waals surface area contributed by atoms with Gasteiger partial charge in [0.2, 0.25) is 0 Å². The molecular weight excluding hydrogens is 251 g/mol. The molecule has 6 heteroatoms. The molecule has 1 fully saturated rings. The van der Waals surface area contributed by atoms with Crippen LogP contribution in [0.2, 0.25) is 0 Å². The molecule has 1 saturated carbocycles. The average molecular weight is 266 g/mol. The van der Waals surface area contributed by atoms with E-state index in [4.69, 9.17) is 10.5 Å². The van der Waals surface area contributed by atoms with E-state index in [1.807, 2.05) is 0 Å². The third-order valence-corrected chi connectivity index (χ3v) is 2.81. The molecule has 1 aromatic rings. The predicted octanol–water partition coefficient (Wildman–Crippen LogP) is 1.23. The van der Waals surface area contributed by atoms with E-state index >= 15 is 0 Å². The number of nitrogens with two attached hydrogens (primary N) is 1. The zero-order valence-electron chi connectivity index (χ0n) is 10.5. The number of anilines is 1. The van der Waals surface area contributed by atoms with Crippen LogP contribution in [0, 0.1) is 5.82 Å². The van der Waals surface area contributed by atoms with Crippen LogP contribution < -0.4 is 11.1 Å². The lowest BCUT2D eigenvalue weighted by atomic mass is 10.2. The molecule has 0 spiro atoms.